The summed E-state index contributed by atoms with van der Waals surface area (Å²) >= 11 is 0. The molecule has 5 heteroatoms. The van der Waals surface area contributed by atoms with Gasteiger partial charge in [-0.05, 0) is 66.5 Å². The molecule has 2 aliphatic rings. The third kappa shape index (κ3) is 5.81. The van der Waals surface area contributed by atoms with Gasteiger partial charge in [0.15, 0.2) is 0 Å². The number of rotatable bonds is 8. The summed E-state index contributed by atoms with van der Waals surface area (Å²) in [5.41, 5.74) is 3.75. The van der Waals surface area contributed by atoms with E-state index in [0.29, 0.717) is 23.9 Å². The Hall–Kier alpha value is -2.82. The van der Waals surface area contributed by atoms with Crippen molar-refractivity contribution in [2.24, 2.45) is 5.92 Å². The molecule has 0 radical (unpaired) electrons. The molecule has 182 valence electrons. The first-order valence-electron chi connectivity index (χ1n) is 12.6. The maximum Gasteiger partial charge on any atom is 0.323 e. The van der Waals surface area contributed by atoms with Gasteiger partial charge in [0.2, 0.25) is 0 Å². The van der Waals surface area contributed by atoms with Crippen LogP contribution in [0.2, 0.25) is 0 Å². The van der Waals surface area contributed by atoms with Gasteiger partial charge in [0.05, 0.1) is 0 Å². The maximum atomic E-state index is 13.3. The lowest BCUT2D eigenvalue weighted by atomic mass is 9.88. The zero-order valence-corrected chi connectivity index (χ0v) is 20.7. The van der Waals surface area contributed by atoms with Crippen LogP contribution >= 0.6 is 0 Å². The van der Waals surface area contributed by atoms with Crippen LogP contribution in [0.5, 0.6) is 5.75 Å². The lowest BCUT2D eigenvalue weighted by Crippen LogP contribution is -2.39. The summed E-state index contributed by atoms with van der Waals surface area (Å²) in [4.78, 5) is 26.3. The normalized spacial score (nSPS) is 20.1. The molecule has 0 bridgehead atoms. The van der Waals surface area contributed by atoms with Gasteiger partial charge in [-0.1, -0.05) is 57.4 Å². The van der Waals surface area contributed by atoms with Crippen molar-refractivity contribution in [3.05, 3.63) is 64.7 Å². The van der Waals surface area contributed by atoms with Gasteiger partial charge < -0.3 is 14.7 Å². The van der Waals surface area contributed by atoms with Crippen LogP contribution in [0.1, 0.15) is 85.8 Å². The van der Waals surface area contributed by atoms with Crippen LogP contribution in [-0.2, 0) is 17.6 Å². The van der Waals surface area contributed by atoms with Gasteiger partial charge in [0, 0.05) is 24.9 Å². The summed E-state index contributed by atoms with van der Waals surface area (Å²) in [5, 5.41) is 9.41. The first-order valence-corrected chi connectivity index (χ1v) is 12.6. The number of ether oxygens (including phenoxy) is 1. The van der Waals surface area contributed by atoms with Gasteiger partial charge in [-0.25, -0.2) is 0 Å². The number of nitrogens with zero attached hydrogens (tertiary/aromatic N) is 1. The van der Waals surface area contributed by atoms with Gasteiger partial charge in [-0.3, -0.25) is 9.59 Å². The molecule has 0 unspecified atom stereocenters. The van der Waals surface area contributed by atoms with Crippen molar-refractivity contribution in [2.45, 2.75) is 77.2 Å². The van der Waals surface area contributed by atoms with Crippen molar-refractivity contribution in [1.82, 2.24) is 4.90 Å². The molecule has 1 saturated carbocycles. The number of fused-ring (bicyclic) bond motifs is 1. The van der Waals surface area contributed by atoms with E-state index in [4.69, 9.17) is 4.74 Å². The van der Waals surface area contributed by atoms with Gasteiger partial charge in [0.25, 0.3) is 5.91 Å². The highest BCUT2D eigenvalue weighted by Gasteiger charge is 2.36. The van der Waals surface area contributed by atoms with E-state index in [1.807, 2.05) is 12.1 Å². The molecule has 4 rings (SSSR count). The molecule has 1 fully saturated rings. The van der Waals surface area contributed by atoms with Crippen LogP contribution in [0.25, 0.3) is 0 Å². The quantitative estimate of drug-likeness (QED) is 0.533. The molecule has 1 aliphatic carbocycles. The van der Waals surface area contributed by atoms with Crippen molar-refractivity contribution >= 4 is 11.9 Å². The van der Waals surface area contributed by atoms with Crippen molar-refractivity contribution in [2.75, 3.05) is 13.1 Å². The summed E-state index contributed by atoms with van der Waals surface area (Å²) in [6.45, 7) is 6.76. The Balaban J connectivity index is 1.46. The molecule has 5 nitrogen and oxygen atoms in total. The van der Waals surface area contributed by atoms with Crippen LogP contribution in [0.15, 0.2) is 42.5 Å². The molecule has 1 aliphatic heterocycles. The summed E-state index contributed by atoms with van der Waals surface area (Å²) in [6, 6.07) is 14.3. The predicted octanol–water partition coefficient (Wildman–Crippen LogP) is 5.85. The minimum Gasteiger partial charge on any atom is -0.487 e. The number of hydrogen-bond acceptors (Lipinski definition) is 3. The fourth-order valence-electron chi connectivity index (χ4n) is 5.45. The molecule has 0 aromatic heterocycles. The molecule has 2 aromatic carbocycles. The van der Waals surface area contributed by atoms with E-state index in [9.17, 15) is 14.7 Å². The van der Waals surface area contributed by atoms with Gasteiger partial charge in [-0.2, -0.15) is 0 Å². The molecular weight excluding hydrogens is 426 g/mol. The molecule has 1 heterocycles. The second-order valence-electron chi connectivity index (χ2n) is 10.7. The third-order valence-corrected chi connectivity index (χ3v) is 7.27. The van der Waals surface area contributed by atoms with E-state index >= 15 is 0 Å². The van der Waals surface area contributed by atoms with E-state index in [0.717, 1.165) is 49.8 Å². The monoisotopic (exact) mass is 463 g/mol. The highest BCUT2D eigenvalue weighted by Crippen LogP contribution is 2.38. The highest BCUT2D eigenvalue weighted by atomic mass is 16.5. The zero-order chi connectivity index (χ0) is 24.3. The largest absolute Gasteiger partial charge is 0.487 e. The van der Waals surface area contributed by atoms with E-state index in [1.165, 1.54) is 22.4 Å². The molecule has 2 aromatic rings. The maximum absolute atomic E-state index is 13.3. The van der Waals surface area contributed by atoms with Crippen LogP contribution in [0.3, 0.4) is 0 Å². The smallest absolute Gasteiger partial charge is 0.323 e. The number of aliphatic carboxylic acids is 1. The molecule has 34 heavy (non-hydrogen) atoms. The average Bonchev–Trinajstić information content (AvgIpc) is 3.13. The number of amides is 1. The number of carbonyl (C=O) groups excluding carboxylic acids is 1. The number of carboxylic acid groups (broad SMARTS) is 1. The van der Waals surface area contributed by atoms with Crippen molar-refractivity contribution in [3.8, 4) is 5.75 Å². The topological polar surface area (TPSA) is 66.8 Å². The van der Waals surface area contributed by atoms with Crippen molar-refractivity contribution in [3.63, 3.8) is 0 Å². The zero-order valence-electron chi connectivity index (χ0n) is 20.7. The minimum absolute atomic E-state index is 0.200. The van der Waals surface area contributed by atoms with Gasteiger partial charge in [-0.15, -0.1) is 0 Å². The van der Waals surface area contributed by atoms with Crippen LogP contribution < -0.4 is 4.74 Å². The molecule has 0 saturated heterocycles. The molecular formula is C29H37NO4. The second kappa shape index (κ2) is 10.2. The van der Waals surface area contributed by atoms with Crippen LogP contribution in [-0.4, -0.2) is 40.6 Å². The standard InChI is InChI=1S/C29H37NO4/c1-20(2)23-11-9-21(10-12-23)16-29(3)17-25-15-24(13-14-26(25)34-29)28(33)30(19-27(31)32)18-22-7-5-4-6-8-22/h9-15,20,22H,4-8,16-19H2,1-3H3,(H,31,32)/t29-/m1/s1. The molecule has 1 amide bonds. The Bertz CT molecular complexity index is 1020. The first-order chi connectivity index (χ1) is 16.2. The highest BCUT2D eigenvalue weighted by molar-refractivity contribution is 5.96. The number of carboxylic acids is 1. The fraction of sp³-hybridized carbons (Fsp3) is 0.517. The van der Waals surface area contributed by atoms with Crippen molar-refractivity contribution in [1.29, 1.82) is 0 Å². The number of carbonyl (C=O) groups is 2. The predicted molar refractivity (Wildman–Crippen MR) is 134 cm³/mol. The summed E-state index contributed by atoms with van der Waals surface area (Å²) in [6.07, 6.45) is 7.20. The Labute approximate surface area is 203 Å². The fourth-order valence-corrected chi connectivity index (χ4v) is 5.45. The number of hydrogen-bond donors (Lipinski definition) is 1. The minimum atomic E-state index is -0.968. The SMILES string of the molecule is CC(C)c1ccc(C[C@]2(C)Cc3cc(C(=O)N(CC(=O)O)CC4CCCCC4)ccc3O2)cc1. The van der Waals surface area contributed by atoms with E-state index in [2.05, 4.69) is 45.0 Å². The Morgan fingerprint density at radius 2 is 1.79 bits per heavy atom. The second-order valence-corrected chi connectivity index (χ2v) is 10.7. The third-order valence-electron chi connectivity index (χ3n) is 7.27. The van der Waals surface area contributed by atoms with E-state index in [1.54, 1.807) is 6.07 Å². The van der Waals surface area contributed by atoms with E-state index < -0.39 is 5.97 Å². The first kappa shape index (κ1) is 24.3. The van der Waals surface area contributed by atoms with Crippen molar-refractivity contribution < 1.29 is 19.4 Å². The van der Waals surface area contributed by atoms with Crippen LogP contribution in [0.4, 0.5) is 0 Å². The lowest BCUT2D eigenvalue weighted by Gasteiger charge is -2.29. The molecule has 1 atom stereocenters. The Kier molecular flexibility index (Phi) is 7.30. The Morgan fingerprint density at radius 1 is 1.09 bits per heavy atom. The lowest BCUT2D eigenvalue weighted by molar-refractivity contribution is -0.137. The van der Waals surface area contributed by atoms with Crippen LogP contribution in [0, 0.1) is 5.92 Å². The summed E-state index contributed by atoms with van der Waals surface area (Å²) in [7, 11) is 0. The molecule has 0 spiro atoms. The van der Waals surface area contributed by atoms with E-state index in [-0.39, 0.29) is 18.1 Å². The Morgan fingerprint density at radius 3 is 2.44 bits per heavy atom. The molecule has 1 N–H and O–H groups in total. The van der Waals surface area contributed by atoms with Gasteiger partial charge >= 0.3 is 5.97 Å². The average molecular weight is 464 g/mol. The number of benzene rings is 2. The summed E-state index contributed by atoms with van der Waals surface area (Å²) in [5.74, 6) is 0.542. The summed E-state index contributed by atoms with van der Waals surface area (Å²) < 4.78 is 6.34. The van der Waals surface area contributed by atoms with Gasteiger partial charge in [0.1, 0.15) is 17.9 Å².